The fourth-order valence-corrected chi connectivity index (χ4v) is 1.63. The van der Waals surface area contributed by atoms with Crippen LogP contribution >= 0.6 is 0 Å². The molecular weight excluding hydrogens is 220 g/mol. The van der Waals surface area contributed by atoms with Crippen LogP contribution in [0.1, 0.15) is 35.0 Å². The van der Waals surface area contributed by atoms with Gasteiger partial charge in [-0.3, -0.25) is 9.48 Å². The van der Waals surface area contributed by atoms with E-state index in [0.29, 0.717) is 11.7 Å². The molecule has 2 aromatic heterocycles. The Morgan fingerprint density at radius 2 is 2.41 bits per heavy atom. The summed E-state index contributed by atoms with van der Waals surface area (Å²) in [5.74, 6) is 0.901. The van der Waals surface area contributed by atoms with Gasteiger partial charge in [-0.1, -0.05) is 5.16 Å². The Hall–Kier alpha value is -2.11. The fourth-order valence-electron chi connectivity index (χ4n) is 1.63. The standard InChI is InChI=1S/C11H12N4O2/c1-15-5-4-10(13-15)12-11(16)9-6-8(14-17-9)7-2-3-7/h4-7H,2-3H2,1H3,(H,12,13,16). The van der Waals surface area contributed by atoms with Crippen molar-refractivity contribution in [3.8, 4) is 0 Å². The van der Waals surface area contributed by atoms with Gasteiger partial charge in [0.1, 0.15) is 0 Å². The Morgan fingerprint density at radius 1 is 1.59 bits per heavy atom. The SMILES string of the molecule is Cn1ccc(NC(=O)c2cc(C3CC3)no2)n1. The minimum atomic E-state index is -0.317. The van der Waals surface area contributed by atoms with Crippen molar-refractivity contribution in [2.45, 2.75) is 18.8 Å². The zero-order valence-corrected chi connectivity index (χ0v) is 9.38. The summed E-state index contributed by atoms with van der Waals surface area (Å²) in [6.07, 6.45) is 4.02. The van der Waals surface area contributed by atoms with Gasteiger partial charge in [0.2, 0.25) is 5.76 Å². The molecule has 1 aliphatic carbocycles. The highest BCUT2D eigenvalue weighted by Crippen LogP contribution is 2.39. The van der Waals surface area contributed by atoms with Crippen LogP contribution in [0, 0.1) is 0 Å². The van der Waals surface area contributed by atoms with Crippen LogP contribution < -0.4 is 5.32 Å². The van der Waals surface area contributed by atoms with E-state index in [9.17, 15) is 4.79 Å². The molecule has 0 saturated heterocycles. The first-order valence-electron chi connectivity index (χ1n) is 5.50. The lowest BCUT2D eigenvalue weighted by Gasteiger charge is -1.96. The summed E-state index contributed by atoms with van der Waals surface area (Å²) >= 11 is 0. The largest absolute Gasteiger partial charge is 0.351 e. The van der Waals surface area contributed by atoms with E-state index in [2.05, 4.69) is 15.6 Å². The first-order valence-corrected chi connectivity index (χ1v) is 5.50. The summed E-state index contributed by atoms with van der Waals surface area (Å²) < 4.78 is 6.63. The average Bonchev–Trinajstić information content (AvgIpc) is 2.88. The topological polar surface area (TPSA) is 73.0 Å². The molecule has 88 valence electrons. The second-order valence-electron chi connectivity index (χ2n) is 4.22. The van der Waals surface area contributed by atoms with Crippen molar-refractivity contribution in [3.63, 3.8) is 0 Å². The number of carbonyl (C=O) groups is 1. The number of nitrogens with one attached hydrogen (secondary N) is 1. The molecule has 1 fully saturated rings. The second kappa shape index (κ2) is 3.73. The second-order valence-corrected chi connectivity index (χ2v) is 4.22. The number of aryl methyl sites for hydroxylation is 1. The van der Waals surface area contributed by atoms with Crippen molar-refractivity contribution in [1.82, 2.24) is 14.9 Å². The van der Waals surface area contributed by atoms with E-state index in [0.717, 1.165) is 18.5 Å². The average molecular weight is 232 g/mol. The Labute approximate surface area is 97.6 Å². The number of hydrogen-bond acceptors (Lipinski definition) is 4. The highest BCUT2D eigenvalue weighted by molar-refractivity contribution is 6.01. The normalized spacial score (nSPS) is 14.9. The van der Waals surface area contributed by atoms with Gasteiger partial charge in [0, 0.05) is 31.3 Å². The smallest absolute Gasteiger partial charge is 0.295 e. The molecule has 2 heterocycles. The lowest BCUT2D eigenvalue weighted by Crippen LogP contribution is -2.11. The molecular formula is C11H12N4O2. The molecule has 1 saturated carbocycles. The molecule has 0 atom stereocenters. The lowest BCUT2D eigenvalue weighted by atomic mass is 10.2. The van der Waals surface area contributed by atoms with Gasteiger partial charge in [-0.2, -0.15) is 5.10 Å². The van der Waals surface area contributed by atoms with Gasteiger partial charge in [-0.15, -0.1) is 0 Å². The summed E-state index contributed by atoms with van der Waals surface area (Å²) in [5.41, 5.74) is 0.871. The van der Waals surface area contributed by atoms with E-state index in [1.165, 1.54) is 0 Å². The first-order chi connectivity index (χ1) is 8.22. The van der Waals surface area contributed by atoms with Gasteiger partial charge in [-0.25, -0.2) is 0 Å². The molecule has 3 rings (SSSR count). The highest BCUT2D eigenvalue weighted by atomic mass is 16.5. The predicted octanol–water partition coefficient (Wildman–Crippen LogP) is 1.54. The third-order valence-electron chi connectivity index (χ3n) is 2.70. The number of anilines is 1. The fraction of sp³-hybridized carbons (Fsp3) is 0.364. The van der Waals surface area contributed by atoms with E-state index < -0.39 is 0 Å². The zero-order valence-electron chi connectivity index (χ0n) is 9.38. The molecule has 6 heteroatoms. The van der Waals surface area contributed by atoms with Crippen LogP contribution in [0.2, 0.25) is 0 Å². The van der Waals surface area contributed by atoms with E-state index in [1.54, 1.807) is 30.1 Å². The summed E-state index contributed by atoms with van der Waals surface area (Å²) in [6.45, 7) is 0. The zero-order chi connectivity index (χ0) is 11.8. The number of hydrogen-bond donors (Lipinski definition) is 1. The number of aromatic nitrogens is 3. The lowest BCUT2D eigenvalue weighted by molar-refractivity contribution is 0.0987. The highest BCUT2D eigenvalue weighted by Gasteiger charge is 2.28. The van der Waals surface area contributed by atoms with E-state index in [1.807, 2.05) is 0 Å². The van der Waals surface area contributed by atoms with Crippen LogP contribution in [0.5, 0.6) is 0 Å². The van der Waals surface area contributed by atoms with Crippen molar-refractivity contribution in [2.75, 3.05) is 5.32 Å². The number of nitrogens with zero attached hydrogens (tertiary/aromatic N) is 3. The molecule has 0 aliphatic heterocycles. The van der Waals surface area contributed by atoms with Crippen LogP contribution in [-0.4, -0.2) is 20.8 Å². The maximum atomic E-state index is 11.8. The quantitative estimate of drug-likeness (QED) is 0.871. The van der Waals surface area contributed by atoms with Gasteiger partial charge >= 0.3 is 0 Å². The summed E-state index contributed by atoms with van der Waals surface area (Å²) in [7, 11) is 1.79. The molecule has 0 unspecified atom stereocenters. The van der Waals surface area contributed by atoms with Crippen molar-refractivity contribution < 1.29 is 9.32 Å². The maximum Gasteiger partial charge on any atom is 0.295 e. The van der Waals surface area contributed by atoms with E-state index in [-0.39, 0.29) is 11.7 Å². The molecule has 1 N–H and O–H groups in total. The van der Waals surface area contributed by atoms with Crippen LogP contribution in [0.3, 0.4) is 0 Å². The first kappa shape index (κ1) is 10.1. The minimum Gasteiger partial charge on any atom is -0.351 e. The molecule has 6 nitrogen and oxygen atoms in total. The molecule has 1 aliphatic rings. The van der Waals surface area contributed by atoms with Crippen molar-refractivity contribution in [1.29, 1.82) is 0 Å². The van der Waals surface area contributed by atoms with Crippen LogP contribution in [0.25, 0.3) is 0 Å². The molecule has 17 heavy (non-hydrogen) atoms. The number of rotatable bonds is 3. The monoisotopic (exact) mass is 232 g/mol. The van der Waals surface area contributed by atoms with Gasteiger partial charge in [0.25, 0.3) is 5.91 Å². The molecule has 1 amide bonds. The van der Waals surface area contributed by atoms with E-state index in [4.69, 9.17) is 4.52 Å². The Balaban J connectivity index is 1.72. The summed E-state index contributed by atoms with van der Waals surface area (Å²) in [4.78, 5) is 11.8. The van der Waals surface area contributed by atoms with Gasteiger partial charge in [0.15, 0.2) is 5.82 Å². The van der Waals surface area contributed by atoms with Crippen LogP contribution in [-0.2, 0) is 7.05 Å². The minimum absolute atomic E-state index is 0.234. The molecule has 0 spiro atoms. The van der Waals surface area contributed by atoms with Gasteiger partial charge in [0.05, 0.1) is 5.69 Å². The van der Waals surface area contributed by atoms with Crippen molar-refractivity contribution >= 4 is 11.7 Å². The maximum absolute atomic E-state index is 11.8. The predicted molar refractivity (Wildman–Crippen MR) is 59.6 cm³/mol. The Kier molecular flexibility index (Phi) is 2.21. The Morgan fingerprint density at radius 3 is 3.06 bits per heavy atom. The van der Waals surface area contributed by atoms with Crippen LogP contribution in [0.15, 0.2) is 22.9 Å². The van der Waals surface area contributed by atoms with Crippen molar-refractivity contribution in [2.24, 2.45) is 7.05 Å². The summed E-state index contributed by atoms with van der Waals surface area (Å²) in [5, 5.41) is 10.6. The van der Waals surface area contributed by atoms with Crippen LogP contribution in [0.4, 0.5) is 5.82 Å². The summed E-state index contributed by atoms with van der Waals surface area (Å²) in [6, 6.07) is 3.42. The number of amides is 1. The van der Waals surface area contributed by atoms with Gasteiger partial charge < -0.3 is 9.84 Å². The third kappa shape index (κ3) is 2.06. The van der Waals surface area contributed by atoms with E-state index >= 15 is 0 Å². The number of carbonyl (C=O) groups excluding carboxylic acids is 1. The third-order valence-corrected chi connectivity index (χ3v) is 2.70. The van der Waals surface area contributed by atoms with Crippen molar-refractivity contribution in [3.05, 3.63) is 29.8 Å². The molecule has 0 radical (unpaired) electrons. The van der Waals surface area contributed by atoms with Gasteiger partial charge in [-0.05, 0) is 12.8 Å². The molecule has 0 bridgehead atoms. The Bertz CT molecular complexity index is 553. The molecule has 2 aromatic rings. The molecule has 0 aromatic carbocycles.